The van der Waals surface area contributed by atoms with Crippen molar-refractivity contribution in [3.63, 3.8) is 0 Å². The predicted molar refractivity (Wildman–Crippen MR) is 426 cm³/mol. The van der Waals surface area contributed by atoms with Crippen LogP contribution < -0.4 is 103 Å². The summed E-state index contributed by atoms with van der Waals surface area (Å²) in [6, 6.07) is 2.56. The van der Waals surface area contributed by atoms with Crippen molar-refractivity contribution >= 4 is 123 Å². The molecule has 3 aromatic rings. The summed E-state index contributed by atoms with van der Waals surface area (Å²) in [6.45, 7) is 6.59. The summed E-state index contributed by atoms with van der Waals surface area (Å²) in [5.74, 6) is -16.1. The maximum Gasteiger partial charge on any atom is 0.246 e. The largest absolute Gasteiger partial charge is 0.497 e. The first-order valence-electron chi connectivity index (χ1n) is 38.6. The molecule has 24 N–H and O–H groups in total. The molecule has 0 spiro atoms. The molecule has 0 radical (unpaired) electrons. The van der Waals surface area contributed by atoms with E-state index < -0.39 is 211 Å². The van der Waals surface area contributed by atoms with Crippen molar-refractivity contribution in [1.29, 1.82) is 0 Å². The molecule has 37 nitrogen and oxygen atoms in total. The second kappa shape index (κ2) is 50.3. The van der Waals surface area contributed by atoms with E-state index in [1.807, 2.05) is 25.1 Å². The van der Waals surface area contributed by atoms with Crippen LogP contribution in [0.3, 0.4) is 0 Å². The van der Waals surface area contributed by atoms with Crippen LogP contribution >= 0.6 is 11.8 Å². The Balaban J connectivity index is 1.92. The number of primary amides is 4. The molecule has 634 valence electrons. The van der Waals surface area contributed by atoms with Crippen LogP contribution in [0.5, 0.6) is 5.75 Å². The molecule has 1 heterocycles. The summed E-state index contributed by atoms with van der Waals surface area (Å²) < 4.78 is 5.41. The number of ether oxygens (including phenoxy) is 1. The zero-order chi connectivity index (χ0) is 85.3. The molecule has 12 atom stereocenters. The van der Waals surface area contributed by atoms with Crippen LogP contribution in [0.1, 0.15) is 168 Å². The quantitative estimate of drug-likeness (QED) is 0.0252. The van der Waals surface area contributed by atoms with Gasteiger partial charge in [-0.1, -0.05) is 100 Å². The number of aliphatic hydroxyl groups is 1. The van der Waals surface area contributed by atoms with E-state index in [1.165, 1.54) is 27.9 Å². The van der Waals surface area contributed by atoms with Crippen molar-refractivity contribution < 1.29 is 91.4 Å². The molecule has 38 heteroatoms. The first-order chi connectivity index (χ1) is 54.6. The number of nitrogens with two attached hydrogens (primary N) is 5. The van der Waals surface area contributed by atoms with Crippen molar-refractivity contribution in [3.05, 3.63) is 77.9 Å². The normalized spacial score (nSPS) is 18.9. The Morgan fingerprint density at radius 3 is 1.76 bits per heavy atom. The van der Waals surface area contributed by atoms with Gasteiger partial charge in [-0.15, -0.1) is 0 Å². The average Bonchev–Trinajstić information content (AvgIpc) is 0.814. The van der Waals surface area contributed by atoms with Crippen LogP contribution in [0.2, 0.25) is 0 Å². The molecule has 0 unspecified atom stereocenters. The molecular weight excluding hydrogens is 1510 g/mol. The lowest BCUT2D eigenvalue weighted by Gasteiger charge is -2.34. The van der Waals surface area contributed by atoms with E-state index in [9.17, 15) is 62.6 Å². The van der Waals surface area contributed by atoms with Gasteiger partial charge in [-0.2, -0.15) is 11.8 Å². The van der Waals surface area contributed by atoms with Gasteiger partial charge in [-0.05, 0) is 124 Å². The van der Waals surface area contributed by atoms with Gasteiger partial charge in [0.1, 0.15) is 71.7 Å². The summed E-state index contributed by atoms with van der Waals surface area (Å²) in [5, 5.41) is 46.1. The van der Waals surface area contributed by atoms with Crippen molar-refractivity contribution in [2.24, 2.45) is 28.7 Å². The first kappa shape index (κ1) is 96.3. The summed E-state index contributed by atoms with van der Waals surface area (Å²) in [4.78, 5) is 235. The molecule has 1 fully saturated rings. The second-order valence-electron chi connectivity index (χ2n) is 28.7. The number of hydrogen-bond acceptors (Lipinski definition) is 21. The predicted octanol–water partition coefficient (Wildman–Crippen LogP) is -2.91. The number of hydrogen-bond donors (Lipinski definition) is 19. The fraction of sp³-hybridized carbons (Fsp3) is 0.571. The molecule has 115 heavy (non-hydrogen) atoms. The fourth-order valence-electron chi connectivity index (χ4n) is 12.4. The SMILES string of the molecule is CCCCCCCC[C@@H]1NC(=O)[C@H]([C@@H](C)O)NC(=O)[C@H](CCC(N)=O)NC(=O)[C@@H](NC(C)=O)CCSC[C@@H](C(=O)N[C@@H](Cc2ccc(OC)cc2)C(=O)N[C@@H](Cc2ccc3ccccc3c2)C(=O)N[C@@](C)(CCCCN)C(=O)N[C@@H](CCCCNC(C)=O)C(=O)N[C@@H](CC(N)=O)C(=O)NCC(N)=O)NC(=O)[C@H](CCC(N)=O)NC1=O. The van der Waals surface area contributed by atoms with E-state index in [2.05, 4.69) is 69.1 Å². The van der Waals surface area contributed by atoms with E-state index in [0.717, 1.165) is 55.1 Å². The summed E-state index contributed by atoms with van der Waals surface area (Å²) in [6.07, 6.45) is -0.253. The number of carbonyl (C=O) groups is 17. The number of rotatable bonds is 44. The number of benzene rings is 3. The van der Waals surface area contributed by atoms with E-state index in [4.69, 9.17) is 33.4 Å². The van der Waals surface area contributed by atoms with Gasteiger partial charge >= 0.3 is 0 Å². The molecule has 0 saturated carbocycles. The van der Waals surface area contributed by atoms with Crippen LogP contribution in [0.25, 0.3) is 10.8 Å². The third-order valence-corrected chi connectivity index (χ3v) is 20.0. The van der Waals surface area contributed by atoms with Gasteiger partial charge in [0.2, 0.25) is 100 Å². The maximum absolute atomic E-state index is 15.6. The van der Waals surface area contributed by atoms with E-state index >= 15 is 24.0 Å². The molecule has 1 saturated heterocycles. The first-order valence-corrected chi connectivity index (χ1v) is 39.8. The number of methoxy groups -OCH3 is 1. The van der Waals surface area contributed by atoms with Crippen molar-refractivity contribution in [2.75, 3.05) is 38.2 Å². The smallest absolute Gasteiger partial charge is 0.246 e. The minimum Gasteiger partial charge on any atom is -0.497 e. The lowest BCUT2D eigenvalue weighted by Crippen LogP contribution is -2.64. The van der Waals surface area contributed by atoms with Gasteiger partial charge in [-0.25, -0.2) is 0 Å². The Kier molecular flexibility index (Phi) is 42.1. The average molecular weight is 1630 g/mol. The van der Waals surface area contributed by atoms with Crippen LogP contribution in [-0.2, 0) is 94.3 Å². The molecule has 0 bridgehead atoms. The van der Waals surface area contributed by atoms with Gasteiger partial charge < -0.3 is 108 Å². The Hall–Kier alpha value is -11.0. The van der Waals surface area contributed by atoms with Crippen LogP contribution in [-0.4, -0.2) is 216 Å². The molecule has 3 aromatic carbocycles. The Labute approximate surface area is 672 Å². The number of fused-ring (bicyclic) bond motifs is 1. The van der Waals surface area contributed by atoms with Gasteiger partial charge in [-0.3, -0.25) is 81.5 Å². The number of nitrogens with one attached hydrogen (secondary N) is 13. The third-order valence-electron chi connectivity index (χ3n) is 18.9. The van der Waals surface area contributed by atoms with Crippen LogP contribution in [0, 0.1) is 0 Å². The third kappa shape index (κ3) is 35.5. The van der Waals surface area contributed by atoms with Gasteiger partial charge in [0.25, 0.3) is 0 Å². The molecule has 0 aliphatic carbocycles. The van der Waals surface area contributed by atoms with Crippen LogP contribution in [0.4, 0.5) is 0 Å². The maximum atomic E-state index is 15.6. The summed E-state index contributed by atoms with van der Waals surface area (Å²) in [7, 11) is 1.42. The number of carbonyl (C=O) groups excluding carboxylic acids is 17. The molecular formula is C77H116N18O19S. The molecule has 1 aliphatic rings. The van der Waals surface area contributed by atoms with Crippen molar-refractivity contribution in [3.8, 4) is 5.75 Å². The minimum atomic E-state index is -1.98. The molecule has 0 aromatic heterocycles. The highest BCUT2D eigenvalue weighted by molar-refractivity contribution is 7.99. The fourth-order valence-corrected chi connectivity index (χ4v) is 13.5. The monoisotopic (exact) mass is 1630 g/mol. The zero-order valence-electron chi connectivity index (χ0n) is 66.2. The molecule has 17 amide bonds. The van der Waals surface area contributed by atoms with Crippen molar-refractivity contribution in [2.45, 2.75) is 242 Å². The Morgan fingerprint density at radius 2 is 1.15 bits per heavy atom. The Bertz CT molecular complexity index is 3850. The van der Waals surface area contributed by atoms with E-state index in [0.29, 0.717) is 36.1 Å². The lowest BCUT2D eigenvalue weighted by molar-refractivity contribution is -0.138. The minimum absolute atomic E-state index is 0.0666. The van der Waals surface area contributed by atoms with Crippen molar-refractivity contribution in [1.82, 2.24) is 69.1 Å². The van der Waals surface area contributed by atoms with Gasteiger partial charge in [0, 0.05) is 51.8 Å². The number of aliphatic hydroxyl groups excluding tert-OH is 1. The molecule has 4 rings (SSSR count). The highest BCUT2D eigenvalue weighted by atomic mass is 32.2. The number of thioether (sulfide) groups is 1. The zero-order valence-corrected chi connectivity index (χ0v) is 67.0. The van der Waals surface area contributed by atoms with E-state index in [-0.39, 0.29) is 82.5 Å². The number of amides is 17. The topological polar surface area (TPSA) is 606 Å². The summed E-state index contributed by atoms with van der Waals surface area (Å²) >= 11 is 0.950. The highest BCUT2D eigenvalue weighted by Crippen LogP contribution is 2.22. The van der Waals surface area contributed by atoms with Gasteiger partial charge in [0.15, 0.2) is 0 Å². The molecule has 1 aliphatic heterocycles. The second-order valence-corrected chi connectivity index (χ2v) is 29.9. The Morgan fingerprint density at radius 1 is 0.574 bits per heavy atom. The summed E-state index contributed by atoms with van der Waals surface area (Å²) in [5.41, 5.74) is 26.7. The van der Waals surface area contributed by atoms with Gasteiger partial charge in [0.05, 0.1) is 26.2 Å². The standard InChI is InChI=1S/C77H116N18O19S/c1-7-8-9-10-11-12-21-52-67(104)86-54(29-31-61(79)99)69(106)92-60(43-115-37-33-56(85-46(4)98)70(107)87-55(30-32-62(80)100)71(108)94-65(44(2)96)75(112)88-52)73(110)89-57(39-47-24-27-51(114-6)28-25-47)72(109)90-58(40-48-23-26-49-19-13-14-20-50(49)38-48)74(111)95-77(5,34-16-17-35-78)76(113)93-53(22-15-18-36-83-45(3)97)68(105)91-59(41-63(81)101)66(103)84-42-64(82)102/h13-14,19-20,23-28,38,44,52-60,65,96H,7-12,15-18,21-22,29-37,39-43,78H2,1-6H3,(H2,79,99)(H2,80,100)(H2,81,101)(H2,82,102)(H,83,97)(H,84,103)(H,85,98)(H,86,104)(H,87,107)(H,88,112)(H,89,110)(H,90,109)(H,91,105)(H,92,106)(H,93,113)(H,94,108)(H,95,111)/t44-,52+,53+,54+,55+,56+,57+,58+,59+,60+,65+,77+/m1/s1. The highest BCUT2D eigenvalue weighted by Gasteiger charge is 2.42. The van der Waals surface area contributed by atoms with Crippen LogP contribution in [0.15, 0.2) is 66.7 Å². The lowest BCUT2D eigenvalue weighted by atomic mass is 9.91. The van der Waals surface area contributed by atoms with E-state index in [1.54, 1.807) is 48.5 Å². The number of unbranched alkanes of at least 4 members (excludes halogenated alkanes) is 7.